The molecule has 3 N–H and O–H groups in total. The van der Waals surface area contributed by atoms with Gasteiger partial charge in [0.05, 0.1) is 19.8 Å². The van der Waals surface area contributed by atoms with Crippen molar-refractivity contribution < 1.29 is 15.1 Å². The molecule has 0 aromatic heterocycles. The fraction of sp³-hybridized carbons (Fsp3) is 1.00. The van der Waals surface area contributed by atoms with Crippen LogP contribution in [0.5, 0.6) is 0 Å². The highest BCUT2D eigenvalue weighted by molar-refractivity contribution is 4.72. The van der Waals surface area contributed by atoms with Crippen molar-refractivity contribution in [2.75, 3.05) is 26.4 Å². The van der Waals surface area contributed by atoms with E-state index >= 15 is 0 Å². The lowest BCUT2D eigenvalue weighted by Gasteiger charge is -2.24. The molecule has 4 nitrogen and oxygen atoms in total. The van der Waals surface area contributed by atoms with Gasteiger partial charge in [0.1, 0.15) is 0 Å². The van der Waals surface area contributed by atoms with Crippen molar-refractivity contribution in [3.05, 3.63) is 0 Å². The Kier molecular flexibility index (Phi) is 6.24. The van der Waals surface area contributed by atoms with Crippen molar-refractivity contribution in [2.24, 2.45) is 11.3 Å². The summed E-state index contributed by atoms with van der Waals surface area (Å²) in [5.74, 6) is 0.474. The molecule has 80 valence electrons. The van der Waals surface area contributed by atoms with Gasteiger partial charge in [-0.1, -0.05) is 20.8 Å². The molecule has 0 aliphatic carbocycles. The standard InChI is InChI=1S/C9H21NO3/c1-8(2)4-13-10-5-9(3,6-11)7-12/h8,10-12H,4-7H2,1-3H3. The fourth-order valence-electron chi connectivity index (χ4n) is 0.613. The van der Waals surface area contributed by atoms with E-state index in [4.69, 9.17) is 15.1 Å². The maximum atomic E-state index is 8.94. The summed E-state index contributed by atoms with van der Waals surface area (Å²) in [4.78, 5) is 5.12. The number of hydroxylamine groups is 1. The van der Waals surface area contributed by atoms with Crippen LogP contribution >= 0.6 is 0 Å². The van der Waals surface area contributed by atoms with Gasteiger partial charge in [-0.25, -0.2) is 5.48 Å². The first-order chi connectivity index (χ1) is 6.04. The second-order valence-corrected chi connectivity index (χ2v) is 4.15. The first kappa shape index (κ1) is 12.8. The van der Waals surface area contributed by atoms with Gasteiger partial charge >= 0.3 is 0 Å². The lowest BCUT2D eigenvalue weighted by Crippen LogP contribution is -2.38. The second kappa shape index (κ2) is 6.32. The van der Waals surface area contributed by atoms with Gasteiger partial charge in [0.2, 0.25) is 0 Å². The third-order valence-electron chi connectivity index (χ3n) is 1.78. The van der Waals surface area contributed by atoms with Crippen LogP contribution in [0.25, 0.3) is 0 Å². The van der Waals surface area contributed by atoms with Crippen LogP contribution in [-0.4, -0.2) is 36.6 Å². The molecule has 0 spiro atoms. The summed E-state index contributed by atoms with van der Waals surface area (Å²) in [6, 6.07) is 0. The fourth-order valence-corrected chi connectivity index (χ4v) is 0.613. The molecular formula is C9H21NO3. The van der Waals surface area contributed by atoms with Crippen LogP contribution in [-0.2, 0) is 4.84 Å². The van der Waals surface area contributed by atoms with Crippen molar-refractivity contribution in [1.82, 2.24) is 5.48 Å². The highest BCUT2D eigenvalue weighted by Gasteiger charge is 2.21. The lowest BCUT2D eigenvalue weighted by atomic mass is 9.94. The average molecular weight is 191 g/mol. The topological polar surface area (TPSA) is 61.7 Å². The number of nitrogens with one attached hydrogen (secondary N) is 1. The van der Waals surface area contributed by atoms with E-state index in [9.17, 15) is 0 Å². The Balaban J connectivity index is 3.50. The van der Waals surface area contributed by atoms with Crippen LogP contribution < -0.4 is 5.48 Å². The predicted octanol–water partition coefficient (Wildman–Crippen LogP) is 0.154. The van der Waals surface area contributed by atoms with Gasteiger partial charge in [-0.2, -0.15) is 0 Å². The van der Waals surface area contributed by atoms with Crippen molar-refractivity contribution in [3.8, 4) is 0 Å². The molecule has 0 atom stereocenters. The van der Waals surface area contributed by atoms with Gasteiger partial charge in [-0.15, -0.1) is 0 Å². The zero-order valence-electron chi connectivity index (χ0n) is 8.71. The zero-order chi connectivity index (χ0) is 10.3. The van der Waals surface area contributed by atoms with Gasteiger partial charge in [0, 0.05) is 12.0 Å². The van der Waals surface area contributed by atoms with Crippen molar-refractivity contribution in [2.45, 2.75) is 20.8 Å². The minimum atomic E-state index is -0.503. The number of rotatable bonds is 7. The molecule has 0 saturated carbocycles. The SMILES string of the molecule is CC(C)CONCC(C)(CO)CO. The van der Waals surface area contributed by atoms with Gasteiger partial charge in [0.15, 0.2) is 0 Å². The molecule has 0 amide bonds. The molecule has 0 rings (SSSR count). The Morgan fingerprint density at radius 1 is 1.31 bits per heavy atom. The Hall–Kier alpha value is -0.160. The Morgan fingerprint density at radius 2 is 1.85 bits per heavy atom. The second-order valence-electron chi connectivity index (χ2n) is 4.15. The van der Waals surface area contributed by atoms with Crippen molar-refractivity contribution in [1.29, 1.82) is 0 Å². The summed E-state index contributed by atoms with van der Waals surface area (Å²) in [6.45, 7) is 6.87. The van der Waals surface area contributed by atoms with Crippen molar-refractivity contribution >= 4 is 0 Å². The van der Waals surface area contributed by atoms with Gasteiger partial charge < -0.3 is 15.1 Å². The minimum Gasteiger partial charge on any atom is -0.396 e. The lowest BCUT2D eigenvalue weighted by molar-refractivity contribution is -0.0218. The summed E-state index contributed by atoms with van der Waals surface area (Å²) in [5, 5.41) is 17.9. The molecule has 4 heteroatoms. The van der Waals surface area contributed by atoms with Crippen LogP contribution in [0.1, 0.15) is 20.8 Å². The highest BCUT2D eigenvalue weighted by atomic mass is 16.6. The first-order valence-corrected chi connectivity index (χ1v) is 4.60. The summed E-state index contributed by atoms with van der Waals surface area (Å²) < 4.78 is 0. The van der Waals surface area contributed by atoms with Crippen LogP contribution in [0.2, 0.25) is 0 Å². The van der Waals surface area contributed by atoms with E-state index < -0.39 is 5.41 Å². The van der Waals surface area contributed by atoms with Crippen LogP contribution in [0, 0.1) is 11.3 Å². The summed E-state index contributed by atoms with van der Waals surface area (Å²) in [5.41, 5.74) is 2.24. The molecule has 13 heavy (non-hydrogen) atoms. The Labute approximate surface area is 79.9 Å². The molecule has 0 aliphatic heterocycles. The van der Waals surface area contributed by atoms with Crippen LogP contribution in [0.15, 0.2) is 0 Å². The summed E-state index contributed by atoms with van der Waals surface area (Å²) in [6.07, 6.45) is 0. The van der Waals surface area contributed by atoms with E-state index in [2.05, 4.69) is 19.3 Å². The Morgan fingerprint density at radius 3 is 2.23 bits per heavy atom. The number of aliphatic hydroxyl groups is 2. The molecule has 0 unspecified atom stereocenters. The number of aliphatic hydroxyl groups excluding tert-OH is 2. The Bertz CT molecular complexity index is 124. The van der Waals surface area contributed by atoms with Gasteiger partial charge in [-0.05, 0) is 5.92 Å². The van der Waals surface area contributed by atoms with Gasteiger partial charge in [-0.3, -0.25) is 0 Å². The highest BCUT2D eigenvalue weighted by Crippen LogP contribution is 2.11. The van der Waals surface area contributed by atoms with Crippen LogP contribution in [0.4, 0.5) is 0 Å². The third kappa shape index (κ3) is 5.99. The number of hydrogen-bond acceptors (Lipinski definition) is 4. The van der Waals surface area contributed by atoms with E-state index in [1.165, 1.54) is 0 Å². The van der Waals surface area contributed by atoms with E-state index in [0.717, 1.165) is 0 Å². The molecule has 0 fully saturated rings. The van der Waals surface area contributed by atoms with Crippen LogP contribution in [0.3, 0.4) is 0 Å². The quantitative estimate of drug-likeness (QED) is 0.396. The smallest absolute Gasteiger partial charge is 0.0705 e. The van der Waals surface area contributed by atoms with Gasteiger partial charge in [0.25, 0.3) is 0 Å². The summed E-state index contributed by atoms with van der Waals surface area (Å²) in [7, 11) is 0. The van der Waals surface area contributed by atoms with Crippen molar-refractivity contribution in [3.63, 3.8) is 0 Å². The average Bonchev–Trinajstić information content (AvgIpc) is 2.12. The monoisotopic (exact) mass is 191 g/mol. The first-order valence-electron chi connectivity index (χ1n) is 4.60. The molecule has 0 heterocycles. The normalized spacial score (nSPS) is 12.5. The molecule has 0 radical (unpaired) electrons. The zero-order valence-corrected chi connectivity index (χ0v) is 8.71. The number of hydrogen-bond donors (Lipinski definition) is 3. The van der Waals surface area contributed by atoms with E-state index in [0.29, 0.717) is 19.1 Å². The van der Waals surface area contributed by atoms with E-state index in [1.807, 2.05) is 0 Å². The maximum absolute atomic E-state index is 8.94. The third-order valence-corrected chi connectivity index (χ3v) is 1.78. The molecule has 0 aromatic rings. The molecule has 0 aliphatic rings. The molecular weight excluding hydrogens is 170 g/mol. The predicted molar refractivity (Wildman–Crippen MR) is 51.1 cm³/mol. The van der Waals surface area contributed by atoms with E-state index in [-0.39, 0.29) is 13.2 Å². The molecule has 0 saturated heterocycles. The molecule has 0 aromatic carbocycles. The molecule has 0 bridgehead atoms. The largest absolute Gasteiger partial charge is 0.396 e. The maximum Gasteiger partial charge on any atom is 0.0705 e. The summed E-state index contributed by atoms with van der Waals surface area (Å²) >= 11 is 0. The minimum absolute atomic E-state index is 0.0540. The van der Waals surface area contributed by atoms with E-state index in [1.54, 1.807) is 6.92 Å².